The van der Waals surface area contributed by atoms with Crippen molar-refractivity contribution in [3.05, 3.63) is 10.4 Å². The number of piperidine rings is 1. The van der Waals surface area contributed by atoms with E-state index < -0.39 is 17.8 Å². The highest BCUT2D eigenvalue weighted by molar-refractivity contribution is 5.68. The Morgan fingerprint density at radius 3 is 2.78 bits per heavy atom. The number of likely N-dealkylation sites (tertiary alicyclic amines) is 1. The molecular weight excluding hydrogens is 236 g/mol. The van der Waals surface area contributed by atoms with Gasteiger partial charge in [0.1, 0.15) is 5.60 Å². The van der Waals surface area contributed by atoms with Crippen molar-refractivity contribution in [3.8, 4) is 0 Å². The van der Waals surface area contributed by atoms with Crippen LogP contribution in [0.2, 0.25) is 0 Å². The van der Waals surface area contributed by atoms with Crippen LogP contribution in [0.1, 0.15) is 27.2 Å². The molecule has 0 unspecified atom stereocenters. The van der Waals surface area contributed by atoms with E-state index in [4.69, 9.17) is 10.3 Å². The maximum Gasteiger partial charge on any atom is 0.410 e. The Kier molecular flexibility index (Phi) is 4.81. The second-order valence-electron chi connectivity index (χ2n) is 5.46. The molecule has 1 aliphatic heterocycles. The van der Waals surface area contributed by atoms with Gasteiger partial charge in [-0.1, -0.05) is 5.11 Å². The summed E-state index contributed by atoms with van der Waals surface area (Å²) < 4.78 is 5.24. The van der Waals surface area contributed by atoms with Gasteiger partial charge in [0, 0.05) is 18.0 Å². The second-order valence-corrected chi connectivity index (χ2v) is 5.46. The Hall–Kier alpha value is -1.46. The minimum absolute atomic E-state index is 0.0837. The quantitative estimate of drug-likeness (QED) is 0.464. The molecule has 1 amide bonds. The fourth-order valence-electron chi connectivity index (χ4n) is 1.83. The van der Waals surface area contributed by atoms with Crippen LogP contribution in [0.3, 0.4) is 0 Å². The van der Waals surface area contributed by atoms with E-state index in [0.29, 0.717) is 13.0 Å². The van der Waals surface area contributed by atoms with Crippen molar-refractivity contribution >= 4 is 6.09 Å². The van der Waals surface area contributed by atoms with Crippen LogP contribution in [-0.4, -0.2) is 47.4 Å². The Morgan fingerprint density at radius 1 is 1.61 bits per heavy atom. The van der Waals surface area contributed by atoms with Crippen molar-refractivity contribution in [2.45, 2.75) is 38.9 Å². The zero-order valence-corrected chi connectivity index (χ0v) is 11.0. The van der Waals surface area contributed by atoms with E-state index in [0.717, 1.165) is 0 Å². The van der Waals surface area contributed by atoms with Gasteiger partial charge < -0.3 is 14.7 Å². The van der Waals surface area contributed by atoms with Crippen LogP contribution in [0, 0.1) is 5.92 Å². The summed E-state index contributed by atoms with van der Waals surface area (Å²) in [6.45, 7) is 6.40. The monoisotopic (exact) mass is 256 g/mol. The van der Waals surface area contributed by atoms with Crippen LogP contribution in [0.15, 0.2) is 5.11 Å². The Balaban J connectivity index is 2.50. The third-order valence-electron chi connectivity index (χ3n) is 2.75. The maximum atomic E-state index is 11.8. The zero-order valence-electron chi connectivity index (χ0n) is 11.0. The Morgan fingerprint density at radius 2 is 2.28 bits per heavy atom. The third kappa shape index (κ3) is 4.43. The van der Waals surface area contributed by atoms with Gasteiger partial charge in [-0.2, -0.15) is 0 Å². The first kappa shape index (κ1) is 14.6. The molecule has 0 aliphatic carbocycles. The molecule has 2 atom stereocenters. The fourth-order valence-corrected chi connectivity index (χ4v) is 1.83. The van der Waals surface area contributed by atoms with Crippen molar-refractivity contribution < 1.29 is 14.6 Å². The molecule has 102 valence electrons. The highest BCUT2D eigenvalue weighted by atomic mass is 16.6. The number of carbonyl (C=O) groups is 1. The molecule has 0 radical (unpaired) electrons. The molecule has 1 saturated heterocycles. The van der Waals surface area contributed by atoms with E-state index in [1.54, 1.807) is 20.8 Å². The number of rotatable bonds is 2. The summed E-state index contributed by atoms with van der Waals surface area (Å²) in [5.74, 6) is -0.0837. The fraction of sp³-hybridized carbons (Fsp3) is 0.909. The normalized spacial score (nSPS) is 24.3. The zero-order chi connectivity index (χ0) is 13.8. The summed E-state index contributed by atoms with van der Waals surface area (Å²) in [5.41, 5.74) is 7.71. The smallest absolute Gasteiger partial charge is 0.410 e. The molecule has 0 aromatic carbocycles. The molecule has 0 spiro atoms. The summed E-state index contributed by atoms with van der Waals surface area (Å²) in [6, 6.07) is 0. The van der Waals surface area contributed by atoms with Crippen LogP contribution in [0.25, 0.3) is 10.4 Å². The maximum absolute atomic E-state index is 11.8. The molecular formula is C11H20N4O3. The first-order chi connectivity index (χ1) is 8.33. The molecule has 1 fully saturated rings. The van der Waals surface area contributed by atoms with E-state index in [1.807, 2.05) is 0 Å². The number of azide groups is 1. The number of amides is 1. The number of aliphatic hydroxyl groups excluding tert-OH is 1. The molecule has 7 nitrogen and oxygen atoms in total. The molecule has 0 bridgehead atoms. The average molecular weight is 256 g/mol. The van der Waals surface area contributed by atoms with E-state index in [1.165, 1.54) is 4.90 Å². The number of nitrogens with zero attached hydrogens (tertiary/aromatic N) is 4. The van der Waals surface area contributed by atoms with Crippen LogP contribution in [-0.2, 0) is 4.74 Å². The van der Waals surface area contributed by atoms with Gasteiger partial charge in [-0.05, 0) is 38.6 Å². The molecule has 7 heteroatoms. The number of aliphatic hydroxyl groups is 1. The summed E-state index contributed by atoms with van der Waals surface area (Å²) in [7, 11) is 0. The van der Waals surface area contributed by atoms with Crippen molar-refractivity contribution in [1.29, 1.82) is 0 Å². The van der Waals surface area contributed by atoms with Gasteiger partial charge in [-0.25, -0.2) is 4.79 Å². The number of carbonyl (C=O) groups excluding carboxylic acids is 1. The van der Waals surface area contributed by atoms with Crippen LogP contribution in [0.5, 0.6) is 0 Å². The van der Waals surface area contributed by atoms with Crippen molar-refractivity contribution in [2.24, 2.45) is 11.0 Å². The first-order valence-corrected chi connectivity index (χ1v) is 6.00. The van der Waals surface area contributed by atoms with E-state index in [9.17, 15) is 9.90 Å². The van der Waals surface area contributed by atoms with Crippen LogP contribution < -0.4 is 0 Å². The van der Waals surface area contributed by atoms with Crippen molar-refractivity contribution in [1.82, 2.24) is 4.90 Å². The predicted molar refractivity (Wildman–Crippen MR) is 65.9 cm³/mol. The number of β-amino-alcohol motifs (C(OH)–C–C–N with tert-alkyl or cyclic N) is 1. The highest BCUT2D eigenvalue weighted by Crippen LogP contribution is 2.20. The van der Waals surface area contributed by atoms with Crippen molar-refractivity contribution in [3.63, 3.8) is 0 Å². The van der Waals surface area contributed by atoms with Gasteiger partial charge in [0.15, 0.2) is 0 Å². The molecule has 0 saturated carbocycles. The summed E-state index contributed by atoms with van der Waals surface area (Å²) in [6.07, 6.45) is -0.472. The van der Waals surface area contributed by atoms with E-state index in [-0.39, 0.29) is 19.0 Å². The molecule has 0 aromatic rings. The van der Waals surface area contributed by atoms with Gasteiger partial charge in [0.05, 0.1) is 12.6 Å². The molecule has 1 heterocycles. The topological polar surface area (TPSA) is 98.5 Å². The first-order valence-electron chi connectivity index (χ1n) is 6.00. The standard InChI is InChI=1S/C11H20N4O3/c1-11(2,3)18-10(17)15-5-4-8(6-13-14-12)9(16)7-15/h8-9,16H,4-7H2,1-3H3/t8-,9+/m1/s1. The number of ether oxygens (including phenoxy) is 1. The van der Waals surface area contributed by atoms with E-state index >= 15 is 0 Å². The minimum Gasteiger partial charge on any atom is -0.444 e. The van der Waals surface area contributed by atoms with Crippen molar-refractivity contribution in [2.75, 3.05) is 19.6 Å². The highest BCUT2D eigenvalue weighted by Gasteiger charge is 2.31. The summed E-state index contributed by atoms with van der Waals surface area (Å²) in [5, 5.41) is 13.3. The van der Waals surface area contributed by atoms with Gasteiger partial charge in [-0.3, -0.25) is 0 Å². The lowest BCUT2D eigenvalue weighted by atomic mass is 9.94. The lowest BCUT2D eigenvalue weighted by molar-refractivity contribution is -0.0110. The predicted octanol–water partition coefficient (Wildman–Crippen LogP) is 1.91. The van der Waals surface area contributed by atoms with Crippen LogP contribution >= 0.6 is 0 Å². The van der Waals surface area contributed by atoms with Gasteiger partial charge in [0.25, 0.3) is 0 Å². The van der Waals surface area contributed by atoms with Gasteiger partial charge >= 0.3 is 6.09 Å². The molecule has 1 N–H and O–H groups in total. The van der Waals surface area contributed by atoms with Crippen LogP contribution in [0.4, 0.5) is 4.79 Å². The van der Waals surface area contributed by atoms with Gasteiger partial charge in [-0.15, -0.1) is 0 Å². The Labute approximate surface area is 106 Å². The molecule has 1 rings (SSSR count). The number of hydrogen-bond acceptors (Lipinski definition) is 4. The Bertz CT molecular complexity index is 347. The number of hydrogen-bond donors (Lipinski definition) is 1. The molecule has 1 aliphatic rings. The molecule has 0 aromatic heterocycles. The lowest BCUT2D eigenvalue weighted by Gasteiger charge is -2.36. The minimum atomic E-state index is -0.670. The largest absolute Gasteiger partial charge is 0.444 e. The van der Waals surface area contributed by atoms with Gasteiger partial charge in [0.2, 0.25) is 0 Å². The third-order valence-corrected chi connectivity index (χ3v) is 2.75. The average Bonchev–Trinajstić information content (AvgIpc) is 2.25. The lowest BCUT2D eigenvalue weighted by Crippen LogP contribution is -2.48. The van der Waals surface area contributed by atoms with E-state index in [2.05, 4.69) is 10.0 Å². The molecule has 18 heavy (non-hydrogen) atoms. The summed E-state index contributed by atoms with van der Waals surface area (Å²) >= 11 is 0. The SMILES string of the molecule is CC(C)(C)OC(=O)N1CC[C@H](CN=[N+]=[N-])[C@@H](O)C1. The second kappa shape index (κ2) is 5.93. The summed E-state index contributed by atoms with van der Waals surface area (Å²) in [4.78, 5) is 16.0.